The molecule has 0 aromatic heterocycles. The number of amides is 2. The van der Waals surface area contributed by atoms with Gasteiger partial charge in [-0.25, -0.2) is 0 Å². The van der Waals surface area contributed by atoms with Crippen molar-refractivity contribution in [1.82, 2.24) is 0 Å². The largest absolute Gasteiger partial charge is 0.396 e. The fraction of sp³-hybridized carbons (Fsp3) is 0.500. The van der Waals surface area contributed by atoms with Crippen molar-refractivity contribution >= 4 is 11.8 Å². The molecule has 0 bridgehead atoms. The summed E-state index contributed by atoms with van der Waals surface area (Å²) in [5.41, 5.74) is 9.95. The van der Waals surface area contributed by atoms with Crippen molar-refractivity contribution in [3.05, 3.63) is 11.1 Å². The third kappa shape index (κ3) is 3.55. The van der Waals surface area contributed by atoms with Gasteiger partial charge in [-0.15, -0.1) is 0 Å². The molecule has 0 atom stereocenters. The van der Waals surface area contributed by atoms with E-state index in [9.17, 15) is 9.59 Å². The van der Waals surface area contributed by atoms with Crippen LogP contribution in [0.4, 0.5) is 0 Å². The lowest BCUT2D eigenvalue weighted by Gasteiger charge is -2.07. The van der Waals surface area contributed by atoms with E-state index < -0.39 is 11.8 Å². The summed E-state index contributed by atoms with van der Waals surface area (Å²) in [6, 6.07) is 0. The number of primary amides is 2. The summed E-state index contributed by atoms with van der Waals surface area (Å²) in [6.45, 7) is -0.610. The van der Waals surface area contributed by atoms with Crippen LogP contribution in [0.2, 0.25) is 0 Å². The summed E-state index contributed by atoms with van der Waals surface area (Å²) in [5.74, 6) is -1.61. The molecule has 0 aliphatic heterocycles. The molecule has 14 heavy (non-hydrogen) atoms. The lowest BCUT2D eigenvalue weighted by Crippen LogP contribution is -2.24. The Morgan fingerprint density at radius 3 is 1.29 bits per heavy atom. The molecule has 0 rings (SSSR count). The van der Waals surface area contributed by atoms with Crippen molar-refractivity contribution in [3.63, 3.8) is 0 Å². The van der Waals surface area contributed by atoms with Gasteiger partial charge in [0.05, 0.1) is 0 Å². The topological polar surface area (TPSA) is 127 Å². The summed E-state index contributed by atoms with van der Waals surface area (Å²) >= 11 is 0. The molecule has 0 aliphatic carbocycles. The van der Waals surface area contributed by atoms with E-state index in [0.717, 1.165) is 0 Å². The molecule has 6 nitrogen and oxygen atoms in total. The van der Waals surface area contributed by atoms with Gasteiger partial charge in [-0.1, -0.05) is 0 Å². The van der Waals surface area contributed by atoms with Crippen LogP contribution in [0, 0.1) is 0 Å². The van der Waals surface area contributed by atoms with E-state index in [1.807, 2.05) is 0 Å². The molecule has 0 unspecified atom stereocenters. The molecule has 6 N–H and O–H groups in total. The standard InChI is InChI=1S/C8H14N2O4/c9-7(13)5(1-3-11)6(2-4-12)8(10)14/h11-12H,1-4H2,(H2,9,13)(H2,10,14)/b6-5+. The number of aliphatic hydroxyl groups excluding tert-OH is 2. The Morgan fingerprint density at radius 1 is 0.857 bits per heavy atom. The molecule has 0 aromatic carbocycles. The predicted molar refractivity (Wildman–Crippen MR) is 48.8 cm³/mol. The normalized spacial score (nSPS) is 12.1. The quantitative estimate of drug-likeness (QED) is 0.372. The zero-order valence-corrected chi connectivity index (χ0v) is 7.69. The molecule has 80 valence electrons. The summed E-state index contributed by atoms with van der Waals surface area (Å²) in [6.07, 6.45) is -0.0682. The fourth-order valence-electron chi connectivity index (χ4n) is 1.07. The average Bonchev–Trinajstić information content (AvgIpc) is 2.10. The van der Waals surface area contributed by atoms with Crippen LogP contribution >= 0.6 is 0 Å². The number of aliphatic hydroxyl groups is 2. The zero-order valence-electron chi connectivity index (χ0n) is 7.69. The van der Waals surface area contributed by atoms with Gasteiger partial charge in [-0.2, -0.15) is 0 Å². The van der Waals surface area contributed by atoms with Crippen LogP contribution in [0.25, 0.3) is 0 Å². The first-order chi connectivity index (χ1) is 6.54. The Bertz CT molecular complexity index is 234. The van der Waals surface area contributed by atoms with Gasteiger partial charge in [0.15, 0.2) is 0 Å². The number of hydrogen-bond donors (Lipinski definition) is 4. The predicted octanol–water partition coefficient (Wildman–Crippen LogP) is -1.98. The van der Waals surface area contributed by atoms with E-state index in [2.05, 4.69) is 0 Å². The molecule has 0 radical (unpaired) electrons. The highest BCUT2D eigenvalue weighted by atomic mass is 16.3. The fourth-order valence-corrected chi connectivity index (χ4v) is 1.07. The monoisotopic (exact) mass is 202 g/mol. The molecular formula is C8H14N2O4. The van der Waals surface area contributed by atoms with Crippen LogP contribution in [0.3, 0.4) is 0 Å². The first-order valence-electron chi connectivity index (χ1n) is 4.08. The molecule has 6 heteroatoms. The Hall–Kier alpha value is -1.40. The molecule has 0 fully saturated rings. The third-order valence-corrected chi connectivity index (χ3v) is 1.68. The van der Waals surface area contributed by atoms with E-state index >= 15 is 0 Å². The maximum atomic E-state index is 10.9. The third-order valence-electron chi connectivity index (χ3n) is 1.68. The second-order valence-electron chi connectivity index (χ2n) is 2.63. The molecular weight excluding hydrogens is 188 g/mol. The van der Waals surface area contributed by atoms with E-state index in [1.54, 1.807) is 0 Å². The van der Waals surface area contributed by atoms with Gasteiger partial charge in [0.2, 0.25) is 11.8 Å². The molecule has 0 spiro atoms. The maximum absolute atomic E-state index is 10.9. The second-order valence-corrected chi connectivity index (χ2v) is 2.63. The second kappa shape index (κ2) is 6.11. The lowest BCUT2D eigenvalue weighted by atomic mass is 10.0. The smallest absolute Gasteiger partial charge is 0.245 e. The van der Waals surface area contributed by atoms with Crippen LogP contribution < -0.4 is 11.5 Å². The van der Waals surface area contributed by atoms with Gasteiger partial charge >= 0.3 is 0 Å². The van der Waals surface area contributed by atoms with E-state index in [0.29, 0.717) is 0 Å². The molecule has 0 saturated heterocycles. The Kier molecular flexibility index (Phi) is 5.50. The molecule has 0 heterocycles. The van der Waals surface area contributed by atoms with E-state index in [-0.39, 0.29) is 37.2 Å². The molecule has 0 aliphatic rings. The van der Waals surface area contributed by atoms with Gasteiger partial charge in [0.1, 0.15) is 0 Å². The number of hydrogen-bond acceptors (Lipinski definition) is 4. The summed E-state index contributed by atoms with van der Waals surface area (Å²) < 4.78 is 0. The number of carbonyl (C=O) groups is 2. The highest BCUT2D eigenvalue weighted by Crippen LogP contribution is 2.11. The first kappa shape index (κ1) is 12.6. The van der Waals surface area contributed by atoms with Crippen LogP contribution in [0.1, 0.15) is 12.8 Å². The van der Waals surface area contributed by atoms with Crippen molar-refractivity contribution < 1.29 is 19.8 Å². The highest BCUT2D eigenvalue weighted by Gasteiger charge is 2.15. The molecule has 0 aromatic rings. The highest BCUT2D eigenvalue weighted by molar-refractivity contribution is 6.03. The van der Waals surface area contributed by atoms with Crippen molar-refractivity contribution in [3.8, 4) is 0 Å². The van der Waals surface area contributed by atoms with Gasteiger partial charge in [-0.3, -0.25) is 9.59 Å². The molecule has 2 amide bonds. The minimum atomic E-state index is -0.804. The summed E-state index contributed by atoms with van der Waals surface area (Å²) in [7, 11) is 0. The Morgan fingerprint density at radius 2 is 1.14 bits per heavy atom. The number of rotatable bonds is 6. The van der Waals surface area contributed by atoms with E-state index in [1.165, 1.54) is 0 Å². The van der Waals surface area contributed by atoms with E-state index in [4.69, 9.17) is 21.7 Å². The maximum Gasteiger partial charge on any atom is 0.245 e. The minimum Gasteiger partial charge on any atom is -0.396 e. The van der Waals surface area contributed by atoms with Gasteiger partial charge in [0.25, 0.3) is 0 Å². The van der Waals surface area contributed by atoms with Gasteiger partial charge in [-0.05, 0) is 0 Å². The number of nitrogens with two attached hydrogens (primary N) is 2. The van der Waals surface area contributed by atoms with Gasteiger partial charge in [0, 0.05) is 37.2 Å². The minimum absolute atomic E-state index is 0.0194. The lowest BCUT2D eigenvalue weighted by molar-refractivity contribution is -0.117. The summed E-state index contributed by atoms with van der Waals surface area (Å²) in [4.78, 5) is 21.7. The average molecular weight is 202 g/mol. The Balaban J connectivity index is 5.03. The van der Waals surface area contributed by atoms with Crippen LogP contribution in [0.5, 0.6) is 0 Å². The zero-order chi connectivity index (χ0) is 11.1. The van der Waals surface area contributed by atoms with Crippen LogP contribution in [-0.4, -0.2) is 35.2 Å². The van der Waals surface area contributed by atoms with Crippen molar-refractivity contribution in [1.29, 1.82) is 0 Å². The first-order valence-corrected chi connectivity index (χ1v) is 4.08. The van der Waals surface area contributed by atoms with Crippen LogP contribution in [0.15, 0.2) is 11.1 Å². The van der Waals surface area contributed by atoms with Crippen molar-refractivity contribution in [2.45, 2.75) is 12.8 Å². The van der Waals surface area contributed by atoms with Crippen molar-refractivity contribution in [2.75, 3.05) is 13.2 Å². The molecule has 0 saturated carbocycles. The van der Waals surface area contributed by atoms with Crippen molar-refractivity contribution in [2.24, 2.45) is 11.5 Å². The summed E-state index contributed by atoms with van der Waals surface area (Å²) in [5, 5.41) is 17.3. The Labute approximate surface area is 81.2 Å². The van der Waals surface area contributed by atoms with Gasteiger partial charge < -0.3 is 21.7 Å². The number of carbonyl (C=O) groups excluding carboxylic acids is 2. The SMILES string of the molecule is NC(=O)/C(CCO)=C(\CCO)C(N)=O. The van der Waals surface area contributed by atoms with Crippen LogP contribution in [-0.2, 0) is 9.59 Å².